The molecule has 0 saturated heterocycles. The van der Waals surface area contributed by atoms with Gasteiger partial charge in [0.25, 0.3) is 0 Å². The molecular weight excluding hydrogens is 228 g/mol. The zero-order valence-corrected chi connectivity index (χ0v) is 10.4. The van der Waals surface area contributed by atoms with Gasteiger partial charge in [-0.1, -0.05) is 6.07 Å². The summed E-state index contributed by atoms with van der Waals surface area (Å²) < 4.78 is 16.2. The molecule has 18 heavy (non-hydrogen) atoms. The molecule has 0 unspecified atom stereocenters. The van der Waals surface area contributed by atoms with Crippen molar-refractivity contribution in [2.45, 2.75) is 6.61 Å². The fourth-order valence-corrected chi connectivity index (χ4v) is 2.21. The van der Waals surface area contributed by atoms with E-state index in [1.807, 2.05) is 30.3 Å². The minimum atomic E-state index is 0.562. The third-order valence-corrected chi connectivity index (χ3v) is 3.17. The number of benzene rings is 2. The predicted molar refractivity (Wildman–Crippen MR) is 69.3 cm³/mol. The molecule has 3 nitrogen and oxygen atoms in total. The minimum Gasteiger partial charge on any atom is -0.497 e. The molecule has 3 rings (SSSR count). The maximum Gasteiger partial charge on any atom is 0.131 e. The summed E-state index contributed by atoms with van der Waals surface area (Å²) >= 11 is 0. The van der Waals surface area contributed by atoms with Crippen LogP contribution in [0.2, 0.25) is 0 Å². The lowest BCUT2D eigenvalue weighted by Crippen LogP contribution is -2.05. The standard InChI is InChI=1S/C15H14O3/c1-16-11-3-5-13-10(7-11)9-18-15-8-12(17-2)4-6-14(13)15/h3-8H,9H2,1-2H3. The first kappa shape index (κ1) is 11.0. The second-order valence-electron chi connectivity index (χ2n) is 4.17. The van der Waals surface area contributed by atoms with Gasteiger partial charge in [0.15, 0.2) is 0 Å². The highest BCUT2D eigenvalue weighted by molar-refractivity contribution is 5.76. The smallest absolute Gasteiger partial charge is 0.131 e. The summed E-state index contributed by atoms with van der Waals surface area (Å²) in [5, 5.41) is 0. The van der Waals surface area contributed by atoms with Gasteiger partial charge >= 0.3 is 0 Å². The molecule has 92 valence electrons. The van der Waals surface area contributed by atoms with Crippen LogP contribution in [0.1, 0.15) is 5.56 Å². The Morgan fingerprint density at radius 3 is 2.28 bits per heavy atom. The van der Waals surface area contributed by atoms with Crippen LogP contribution in [-0.2, 0) is 6.61 Å². The van der Waals surface area contributed by atoms with E-state index >= 15 is 0 Å². The van der Waals surface area contributed by atoms with E-state index in [4.69, 9.17) is 14.2 Å². The number of rotatable bonds is 2. The van der Waals surface area contributed by atoms with Crippen LogP contribution in [0.15, 0.2) is 36.4 Å². The van der Waals surface area contributed by atoms with Crippen molar-refractivity contribution < 1.29 is 14.2 Å². The van der Waals surface area contributed by atoms with Gasteiger partial charge < -0.3 is 14.2 Å². The molecule has 0 N–H and O–H groups in total. The molecule has 0 saturated carbocycles. The summed E-state index contributed by atoms with van der Waals surface area (Å²) in [6.07, 6.45) is 0. The molecule has 1 aliphatic rings. The zero-order valence-electron chi connectivity index (χ0n) is 10.4. The number of hydrogen-bond acceptors (Lipinski definition) is 3. The summed E-state index contributed by atoms with van der Waals surface area (Å²) in [6.45, 7) is 0.562. The van der Waals surface area contributed by atoms with E-state index in [2.05, 4.69) is 6.07 Å². The maximum absolute atomic E-state index is 5.76. The Morgan fingerprint density at radius 1 is 0.889 bits per heavy atom. The Hall–Kier alpha value is -2.16. The SMILES string of the molecule is COc1ccc2c(c1)COc1cc(OC)ccc1-2. The number of methoxy groups -OCH3 is 2. The van der Waals surface area contributed by atoms with Crippen LogP contribution < -0.4 is 14.2 Å². The van der Waals surface area contributed by atoms with Crippen molar-refractivity contribution in [2.75, 3.05) is 14.2 Å². The summed E-state index contributed by atoms with van der Waals surface area (Å²) in [5.41, 5.74) is 3.44. The lowest BCUT2D eigenvalue weighted by Gasteiger charge is -2.21. The minimum absolute atomic E-state index is 0.562. The van der Waals surface area contributed by atoms with Gasteiger partial charge in [-0.15, -0.1) is 0 Å². The number of ether oxygens (including phenoxy) is 3. The molecule has 0 bridgehead atoms. The Labute approximate surface area is 106 Å². The number of fused-ring (bicyclic) bond motifs is 3. The molecule has 1 aliphatic heterocycles. The van der Waals surface area contributed by atoms with Crippen molar-refractivity contribution in [3.05, 3.63) is 42.0 Å². The van der Waals surface area contributed by atoms with Gasteiger partial charge in [0.2, 0.25) is 0 Å². The average Bonchev–Trinajstić information content (AvgIpc) is 2.45. The van der Waals surface area contributed by atoms with E-state index in [1.54, 1.807) is 14.2 Å². The fourth-order valence-electron chi connectivity index (χ4n) is 2.21. The highest BCUT2D eigenvalue weighted by atomic mass is 16.5. The zero-order chi connectivity index (χ0) is 12.5. The lowest BCUT2D eigenvalue weighted by atomic mass is 9.97. The van der Waals surface area contributed by atoms with Gasteiger partial charge in [-0.2, -0.15) is 0 Å². The average molecular weight is 242 g/mol. The lowest BCUT2D eigenvalue weighted by molar-refractivity contribution is 0.299. The summed E-state index contributed by atoms with van der Waals surface area (Å²) in [4.78, 5) is 0. The van der Waals surface area contributed by atoms with E-state index in [9.17, 15) is 0 Å². The summed E-state index contributed by atoms with van der Waals surface area (Å²) in [5.74, 6) is 2.53. The molecule has 2 aromatic carbocycles. The summed E-state index contributed by atoms with van der Waals surface area (Å²) in [6, 6.07) is 11.9. The molecular formula is C15H14O3. The van der Waals surface area contributed by atoms with Crippen molar-refractivity contribution in [1.82, 2.24) is 0 Å². The number of hydrogen-bond donors (Lipinski definition) is 0. The van der Waals surface area contributed by atoms with Gasteiger partial charge in [0.1, 0.15) is 23.9 Å². The fraction of sp³-hybridized carbons (Fsp3) is 0.200. The molecule has 3 heteroatoms. The van der Waals surface area contributed by atoms with Crippen LogP contribution in [-0.4, -0.2) is 14.2 Å². The molecule has 0 spiro atoms. The highest BCUT2D eigenvalue weighted by Gasteiger charge is 2.18. The van der Waals surface area contributed by atoms with Crippen LogP contribution in [0.5, 0.6) is 17.2 Å². The van der Waals surface area contributed by atoms with Crippen molar-refractivity contribution >= 4 is 0 Å². The quantitative estimate of drug-likeness (QED) is 0.809. The van der Waals surface area contributed by atoms with Gasteiger partial charge in [0.05, 0.1) is 14.2 Å². The third kappa shape index (κ3) is 1.68. The van der Waals surface area contributed by atoms with Crippen LogP contribution in [0.4, 0.5) is 0 Å². The monoisotopic (exact) mass is 242 g/mol. The molecule has 2 aromatic rings. The third-order valence-electron chi connectivity index (χ3n) is 3.17. The molecule has 0 aliphatic carbocycles. The van der Waals surface area contributed by atoms with E-state index in [1.165, 1.54) is 5.56 Å². The van der Waals surface area contributed by atoms with Crippen molar-refractivity contribution in [3.8, 4) is 28.4 Å². The van der Waals surface area contributed by atoms with Crippen LogP contribution in [0.3, 0.4) is 0 Å². The molecule has 1 heterocycles. The van der Waals surface area contributed by atoms with E-state index < -0.39 is 0 Å². The Morgan fingerprint density at radius 2 is 1.56 bits per heavy atom. The summed E-state index contributed by atoms with van der Waals surface area (Å²) in [7, 11) is 3.33. The van der Waals surface area contributed by atoms with Gasteiger partial charge in [0, 0.05) is 17.2 Å². The molecule has 0 fully saturated rings. The topological polar surface area (TPSA) is 27.7 Å². The van der Waals surface area contributed by atoms with E-state index in [-0.39, 0.29) is 0 Å². The first-order chi connectivity index (χ1) is 8.81. The first-order valence-corrected chi connectivity index (χ1v) is 5.80. The molecule has 0 amide bonds. The molecule has 0 radical (unpaired) electrons. The molecule has 0 atom stereocenters. The van der Waals surface area contributed by atoms with Crippen molar-refractivity contribution in [2.24, 2.45) is 0 Å². The maximum atomic E-state index is 5.76. The van der Waals surface area contributed by atoms with Crippen LogP contribution >= 0.6 is 0 Å². The second-order valence-corrected chi connectivity index (χ2v) is 4.17. The predicted octanol–water partition coefficient (Wildman–Crippen LogP) is 3.26. The largest absolute Gasteiger partial charge is 0.497 e. The van der Waals surface area contributed by atoms with E-state index in [0.717, 1.165) is 28.4 Å². The van der Waals surface area contributed by atoms with Gasteiger partial charge in [-0.3, -0.25) is 0 Å². The second kappa shape index (κ2) is 4.26. The van der Waals surface area contributed by atoms with Crippen molar-refractivity contribution in [3.63, 3.8) is 0 Å². The van der Waals surface area contributed by atoms with Crippen LogP contribution in [0, 0.1) is 0 Å². The Bertz CT molecular complexity index is 537. The molecule has 0 aromatic heterocycles. The van der Waals surface area contributed by atoms with Crippen LogP contribution in [0.25, 0.3) is 11.1 Å². The Kier molecular flexibility index (Phi) is 2.59. The normalized spacial score (nSPS) is 12.1. The van der Waals surface area contributed by atoms with Crippen molar-refractivity contribution in [1.29, 1.82) is 0 Å². The highest BCUT2D eigenvalue weighted by Crippen LogP contribution is 2.40. The van der Waals surface area contributed by atoms with Gasteiger partial charge in [-0.05, 0) is 29.8 Å². The first-order valence-electron chi connectivity index (χ1n) is 5.80. The Balaban J connectivity index is 2.11. The van der Waals surface area contributed by atoms with Gasteiger partial charge in [-0.25, -0.2) is 0 Å². The van der Waals surface area contributed by atoms with E-state index in [0.29, 0.717) is 6.61 Å².